The van der Waals surface area contributed by atoms with Gasteiger partial charge in [-0.25, -0.2) is 9.59 Å². The SMILES string of the molecule is COc1cccc(CNC(=O)N2CCN(C(=O)N(C)C)C[C@@]3(CNC(=O)C3)C2)c1. The molecule has 1 aromatic carbocycles. The summed E-state index contributed by atoms with van der Waals surface area (Å²) in [5, 5.41) is 5.81. The van der Waals surface area contributed by atoms with Gasteiger partial charge in [-0.2, -0.15) is 0 Å². The van der Waals surface area contributed by atoms with Crippen molar-refractivity contribution in [1.82, 2.24) is 25.3 Å². The molecule has 0 aliphatic carbocycles. The molecular weight excluding hydrogens is 374 g/mol. The number of benzene rings is 1. The Balaban J connectivity index is 1.70. The van der Waals surface area contributed by atoms with Gasteiger partial charge in [0.25, 0.3) is 0 Å². The van der Waals surface area contributed by atoms with E-state index in [1.54, 1.807) is 31.0 Å². The van der Waals surface area contributed by atoms with Gasteiger partial charge in [0.15, 0.2) is 0 Å². The molecule has 1 spiro atoms. The fourth-order valence-corrected chi connectivity index (χ4v) is 3.93. The summed E-state index contributed by atoms with van der Waals surface area (Å²) >= 11 is 0. The third-order valence-corrected chi connectivity index (χ3v) is 5.41. The molecule has 9 heteroatoms. The lowest BCUT2D eigenvalue weighted by molar-refractivity contribution is -0.119. The zero-order chi connectivity index (χ0) is 21.0. The number of carbonyl (C=O) groups is 3. The summed E-state index contributed by atoms with van der Waals surface area (Å²) in [7, 11) is 5.01. The van der Waals surface area contributed by atoms with Gasteiger partial charge in [-0.1, -0.05) is 12.1 Å². The van der Waals surface area contributed by atoms with Crippen LogP contribution in [0.3, 0.4) is 0 Å². The minimum absolute atomic E-state index is 0.0408. The molecule has 2 aliphatic rings. The van der Waals surface area contributed by atoms with Gasteiger partial charge in [-0.05, 0) is 17.7 Å². The standard InChI is InChI=1S/C20H29N5O4/c1-23(2)19(28)25-8-7-24(13-20(14-25)10-17(26)22-12-20)18(27)21-11-15-5-4-6-16(9-15)29-3/h4-6,9H,7-8,10-14H2,1-3H3,(H,21,27)(H,22,26)/t20-/m0/s1. The molecule has 29 heavy (non-hydrogen) atoms. The quantitative estimate of drug-likeness (QED) is 0.777. The van der Waals surface area contributed by atoms with Crippen molar-refractivity contribution < 1.29 is 19.1 Å². The van der Waals surface area contributed by atoms with E-state index in [1.165, 1.54) is 4.90 Å². The summed E-state index contributed by atoms with van der Waals surface area (Å²) in [6, 6.07) is 7.21. The van der Waals surface area contributed by atoms with E-state index in [0.29, 0.717) is 45.7 Å². The second-order valence-corrected chi connectivity index (χ2v) is 7.98. The maximum atomic E-state index is 12.9. The van der Waals surface area contributed by atoms with Crippen molar-refractivity contribution in [3.8, 4) is 5.75 Å². The minimum Gasteiger partial charge on any atom is -0.497 e. The van der Waals surface area contributed by atoms with E-state index in [0.717, 1.165) is 11.3 Å². The molecule has 5 amide bonds. The maximum Gasteiger partial charge on any atom is 0.319 e. The van der Waals surface area contributed by atoms with Crippen LogP contribution in [-0.4, -0.2) is 86.6 Å². The molecule has 0 aromatic heterocycles. The molecule has 2 N–H and O–H groups in total. The van der Waals surface area contributed by atoms with Gasteiger partial charge in [0.1, 0.15) is 5.75 Å². The van der Waals surface area contributed by atoms with Crippen LogP contribution < -0.4 is 15.4 Å². The normalized spacial score (nSPS) is 21.6. The first kappa shape index (κ1) is 20.8. The highest BCUT2D eigenvalue weighted by atomic mass is 16.5. The van der Waals surface area contributed by atoms with Crippen molar-refractivity contribution >= 4 is 18.0 Å². The maximum absolute atomic E-state index is 12.9. The third-order valence-electron chi connectivity index (χ3n) is 5.41. The molecule has 0 bridgehead atoms. The van der Waals surface area contributed by atoms with Crippen molar-refractivity contribution in [2.45, 2.75) is 13.0 Å². The second kappa shape index (κ2) is 8.59. The van der Waals surface area contributed by atoms with E-state index in [2.05, 4.69) is 10.6 Å². The predicted molar refractivity (Wildman–Crippen MR) is 108 cm³/mol. The van der Waals surface area contributed by atoms with Gasteiger partial charge >= 0.3 is 12.1 Å². The number of hydrogen-bond donors (Lipinski definition) is 2. The molecule has 9 nitrogen and oxygen atoms in total. The van der Waals surface area contributed by atoms with Crippen LogP contribution in [0.2, 0.25) is 0 Å². The van der Waals surface area contributed by atoms with E-state index in [1.807, 2.05) is 24.3 Å². The number of nitrogens with zero attached hydrogens (tertiary/aromatic N) is 3. The summed E-state index contributed by atoms with van der Waals surface area (Å²) in [6.45, 7) is 2.55. The minimum atomic E-state index is -0.466. The molecule has 1 atom stereocenters. The summed E-state index contributed by atoms with van der Waals surface area (Å²) in [6.07, 6.45) is 0.309. The number of ether oxygens (including phenoxy) is 1. The van der Waals surface area contributed by atoms with Crippen molar-refractivity contribution in [3.05, 3.63) is 29.8 Å². The van der Waals surface area contributed by atoms with Gasteiger partial charge in [-0.3, -0.25) is 4.79 Å². The van der Waals surface area contributed by atoms with Gasteiger partial charge in [0, 0.05) is 65.2 Å². The molecule has 2 heterocycles. The molecule has 3 rings (SSSR count). The van der Waals surface area contributed by atoms with Crippen LogP contribution in [0.4, 0.5) is 9.59 Å². The van der Waals surface area contributed by atoms with Crippen LogP contribution in [0, 0.1) is 5.41 Å². The second-order valence-electron chi connectivity index (χ2n) is 7.98. The number of carbonyl (C=O) groups excluding carboxylic acids is 3. The summed E-state index contributed by atoms with van der Waals surface area (Å²) in [5.74, 6) is 0.694. The van der Waals surface area contributed by atoms with E-state index >= 15 is 0 Å². The predicted octanol–water partition coefficient (Wildman–Crippen LogP) is 0.710. The number of methoxy groups -OCH3 is 1. The van der Waals surface area contributed by atoms with Gasteiger partial charge < -0.3 is 30.1 Å². The Morgan fingerprint density at radius 2 is 1.97 bits per heavy atom. The van der Waals surface area contributed by atoms with Crippen LogP contribution >= 0.6 is 0 Å². The third kappa shape index (κ3) is 4.90. The average molecular weight is 403 g/mol. The van der Waals surface area contributed by atoms with Gasteiger partial charge in [0.05, 0.1) is 7.11 Å². The number of rotatable bonds is 3. The number of hydrogen-bond acceptors (Lipinski definition) is 4. The highest BCUT2D eigenvalue weighted by Crippen LogP contribution is 2.31. The molecule has 0 radical (unpaired) electrons. The Morgan fingerprint density at radius 3 is 2.62 bits per heavy atom. The Bertz CT molecular complexity index is 784. The van der Waals surface area contributed by atoms with Crippen molar-refractivity contribution in [2.75, 3.05) is 53.9 Å². The lowest BCUT2D eigenvalue weighted by atomic mass is 9.86. The van der Waals surface area contributed by atoms with Crippen LogP contribution in [0.1, 0.15) is 12.0 Å². The average Bonchev–Trinajstić information content (AvgIpc) is 2.96. The molecule has 2 saturated heterocycles. The first-order chi connectivity index (χ1) is 13.8. The smallest absolute Gasteiger partial charge is 0.319 e. The summed E-state index contributed by atoms with van der Waals surface area (Å²) in [5.41, 5.74) is 0.469. The first-order valence-corrected chi connectivity index (χ1v) is 9.70. The van der Waals surface area contributed by atoms with Crippen LogP contribution in [0.5, 0.6) is 5.75 Å². The van der Waals surface area contributed by atoms with Gasteiger partial charge in [0.2, 0.25) is 5.91 Å². The monoisotopic (exact) mass is 403 g/mol. The van der Waals surface area contributed by atoms with E-state index in [-0.39, 0.29) is 18.0 Å². The van der Waals surface area contributed by atoms with Crippen molar-refractivity contribution in [1.29, 1.82) is 0 Å². The Morgan fingerprint density at radius 1 is 1.24 bits per heavy atom. The molecular formula is C20H29N5O4. The van der Waals surface area contributed by atoms with Crippen LogP contribution in [0.25, 0.3) is 0 Å². The number of urea groups is 2. The fourth-order valence-electron chi connectivity index (χ4n) is 3.93. The largest absolute Gasteiger partial charge is 0.497 e. The van der Waals surface area contributed by atoms with Crippen LogP contribution in [0.15, 0.2) is 24.3 Å². The number of amides is 5. The Hall–Kier alpha value is -2.97. The topological polar surface area (TPSA) is 94.2 Å². The highest BCUT2D eigenvalue weighted by Gasteiger charge is 2.45. The highest BCUT2D eigenvalue weighted by molar-refractivity contribution is 5.80. The lowest BCUT2D eigenvalue weighted by Gasteiger charge is -2.33. The molecule has 158 valence electrons. The summed E-state index contributed by atoms with van der Waals surface area (Å²) < 4.78 is 5.22. The zero-order valence-electron chi connectivity index (χ0n) is 17.2. The fraction of sp³-hybridized carbons (Fsp3) is 0.550. The van der Waals surface area contributed by atoms with E-state index in [9.17, 15) is 14.4 Å². The Labute approximate surface area is 171 Å². The van der Waals surface area contributed by atoms with E-state index in [4.69, 9.17) is 4.74 Å². The Kier molecular flexibility index (Phi) is 6.14. The number of nitrogens with one attached hydrogen (secondary N) is 2. The van der Waals surface area contributed by atoms with Crippen molar-refractivity contribution in [2.24, 2.45) is 5.41 Å². The zero-order valence-corrected chi connectivity index (χ0v) is 17.2. The first-order valence-electron chi connectivity index (χ1n) is 9.70. The lowest BCUT2D eigenvalue weighted by Crippen LogP contribution is -2.48. The molecule has 2 aliphatic heterocycles. The van der Waals surface area contributed by atoms with E-state index < -0.39 is 5.41 Å². The summed E-state index contributed by atoms with van der Waals surface area (Å²) in [4.78, 5) is 42.3. The molecule has 0 saturated carbocycles. The molecule has 0 unspecified atom stereocenters. The van der Waals surface area contributed by atoms with Crippen LogP contribution in [-0.2, 0) is 11.3 Å². The van der Waals surface area contributed by atoms with Crippen molar-refractivity contribution in [3.63, 3.8) is 0 Å². The van der Waals surface area contributed by atoms with Gasteiger partial charge in [-0.15, -0.1) is 0 Å². The molecule has 1 aromatic rings. The molecule has 2 fully saturated rings.